The van der Waals surface area contributed by atoms with E-state index in [4.69, 9.17) is 19.0 Å². The lowest BCUT2D eigenvalue weighted by Gasteiger charge is -2.11. The number of ether oxygens (including phenoxy) is 3. The summed E-state index contributed by atoms with van der Waals surface area (Å²) in [6, 6.07) is 2.31. The molecule has 1 aromatic heterocycles. The molecule has 0 unspecified atom stereocenters. The smallest absolute Gasteiger partial charge is 0.391 e. The number of amides is 1. The van der Waals surface area contributed by atoms with E-state index in [1.165, 1.54) is 33.5 Å². The first kappa shape index (κ1) is 19.1. The Kier molecular flexibility index (Phi) is 5.40. The molecule has 12 nitrogen and oxygen atoms in total. The minimum absolute atomic E-state index is 0.0292. The van der Waals surface area contributed by atoms with E-state index in [1.54, 1.807) is 4.72 Å². The summed E-state index contributed by atoms with van der Waals surface area (Å²) in [4.78, 5) is 28.6. The molecule has 0 radical (unpaired) electrons. The lowest BCUT2D eigenvalue weighted by atomic mass is 10.3. The van der Waals surface area contributed by atoms with Gasteiger partial charge in [-0.2, -0.15) is 0 Å². The lowest BCUT2D eigenvalue weighted by Crippen LogP contribution is -2.41. The molecular weight excluding hydrogens is 372 g/mol. The highest BCUT2D eigenvalue weighted by molar-refractivity contribution is 7.90. The molecule has 0 saturated heterocycles. The number of sulfonamides is 1. The van der Waals surface area contributed by atoms with E-state index in [0.717, 1.165) is 13.2 Å². The predicted molar refractivity (Wildman–Crippen MR) is 86.2 cm³/mol. The third-order valence-corrected chi connectivity index (χ3v) is 4.50. The van der Waals surface area contributed by atoms with Crippen molar-refractivity contribution in [2.45, 2.75) is 4.90 Å². The molecular formula is C13H16N4O8S. The van der Waals surface area contributed by atoms with Crippen LogP contribution < -0.4 is 29.5 Å². The summed E-state index contributed by atoms with van der Waals surface area (Å²) in [6.07, 6.45) is 0. The summed E-state index contributed by atoms with van der Waals surface area (Å²) in [5.41, 5.74) is -1.06. The number of nitrogens with zero attached hydrogens (tertiary/aromatic N) is 3. The summed E-state index contributed by atoms with van der Waals surface area (Å²) in [5.74, 6) is 0.194. The van der Waals surface area contributed by atoms with Gasteiger partial charge in [0.25, 0.3) is 10.0 Å². The Morgan fingerprint density at radius 1 is 1.12 bits per heavy atom. The Labute approximate surface area is 147 Å². The number of hydrogen-bond acceptors (Lipinski definition) is 9. The molecule has 0 bridgehead atoms. The summed E-state index contributed by atoms with van der Waals surface area (Å²) in [5, 5.41) is 3.54. The van der Waals surface area contributed by atoms with E-state index >= 15 is 0 Å². The van der Waals surface area contributed by atoms with E-state index in [2.05, 4.69) is 5.10 Å². The van der Waals surface area contributed by atoms with Crippen molar-refractivity contribution in [3.63, 3.8) is 0 Å². The van der Waals surface area contributed by atoms with Crippen molar-refractivity contribution in [3.8, 4) is 17.5 Å². The minimum Gasteiger partial charge on any atom is -0.497 e. The number of benzene rings is 1. The molecule has 0 fully saturated rings. The second kappa shape index (κ2) is 7.35. The van der Waals surface area contributed by atoms with Gasteiger partial charge in [0.05, 0.1) is 21.3 Å². The number of carbonyl (C=O) groups excluding carboxylic acids is 1. The molecule has 0 spiro atoms. The van der Waals surface area contributed by atoms with Crippen LogP contribution in [0.3, 0.4) is 0 Å². The highest BCUT2D eigenvalue weighted by Gasteiger charge is 2.27. The summed E-state index contributed by atoms with van der Waals surface area (Å²) in [6.45, 7) is 0. The zero-order valence-electron chi connectivity index (χ0n) is 14.2. The average molecular weight is 388 g/mol. The largest absolute Gasteiger partial charge is 0.497 e. The zero-order chi connectivity index (χ0) is 19.5. The molecule has 0 aliphatic heterocycles. The van der Waals surface area contributed by atoms with Gasteiger partial charge in [0.1, 0.15) is 23.5 Å². The SMILES string of the molecule is COc1ccc(OC)c(S(=O)(=O)NC(=O)n2nc(OC)n(OC)c2=O)c1. The molecule has 1 amide bonds. The van der Waals surface area contributed by atoms with Crippen molar-refractivity contribution in [1.29, 1.82) is 0 Å². The Hall–Kier alpha value is -3.22. The molecule has 2 aromatic rings. The highest BCUT2D eigenvalue weighted by Crippen LogP contribution is 2.27. The third-order valence-electron chi connectivity index (χ3n) is 3.15. The standard InChI is InChI=1S/C13H16N4O8S/c1-22-8-5-6-9(23-2)10(7-8)26(20,21)15-11(18)16-13(19)17(25-4)12(14-16)24-3/h5-7H,1-4H3,(H,15,18). The number of rotatable bonds is 6. The van der Waals surface area contributed by atoms with Crippen LogP contribution >= 0.6 is 0 Å². The predicted octanol–water partition coefficient (Wildman–Crippen LogP) is -0.924. The average Bonchev–Trinajstić information content (AvgIpc) is 2.96. The van der Waals surface area contributed by atoms with Gasteiger partial charge >= 0.3 is 17.7 Å². The number of methoxy groups -OCH3 is 3. The minimum atomic E-state index is -4.41. The molecule has 26 heavy (non-hydrogen) atoms. The summed E-state index contributed by atoms with van der Waals surface area (Å²) in [7, 11) is 0.534. The maximum Gasteiger partial charge on any atom is 0.391 e. The maximum absolute atomic E-state index is 12.5. The van der Waals surface area contributed by atoms with Crippen molar-refractivity contribution in [2.24, 2.45) is 0 Å². The van der Waals surface area contributed by atoms with Crippen LogP contribution in [0.5, 0.6) is 17.5 Å². The molecule has 0 aliphatic carbocycles. The van der Waals surface area contributed by atoms with Crippen LogP contribution in [0.25, 0.3) is 0 Å². The number of nitrogens with one attached hydrogen (secondary N) is 1. The summed E-state index contributed by atoms with van der Waals surface area (Å²) >= 11 is 0. The second-order valence-electron chi connectivity index (χ2n) is 4.59. The van der Waals surface area contributed by atoms with Gasteiger partial charge in [0, 0.05) is 6.07 Å². The number of carbonyl (C=O) groups is 1. The Balaban J connectivity index is 2.43. The van der Waals surface area contributed by atoms with Gasteiger partial charge < -0.3 is 19.0 Å². The molecule has 2 rings (SSSR count). The first-order valence-electron chi connectivity index (χ1n) is 6.88. The monoisotopic (exact) mass is 388 g/mol. The van der Waals surface area contributed by atoms with E-state index in [9.17, 15) is 18.0 Å². The molecule has 0 saturated carbocycles. The number of aromatic nitrogens is 3. The van der Waals surface area contributed by atoms with Gasteiger partial charge in [-0.15, -0.1) is 9.78 Å². The molecule has 1 aromatic carbocycles. The topological polar surface area (TPSA) is 140 Å². The van der Waals surface area contributed by atoms with E-state index < -0.39 is 21.7 Å². The van der Waals surface area contributed by atoms with Crippen LogP contribution in [0.15, 0.2) is 27.9 Å². The van der Waals surface area contributed by atoms with Crippen LogP contribution in [0.2, 0.25) is 0 Å². The molecule has 1 heterocycles. The molecule has 13 heteroatoms. The van der Waals surface area contributed by atoms with Crippen LogP contribution in [0, 0.1) is 0 Å². The zero-order valence-corrected chi connectivity index (χ0v) is 15.1. The Bertz CT molecular complexity index is 979. The van der Waals surface area contributed by atoms with Gasteiger partial charge in [0.2, 0.25) is 0 Å². The summed E-state index contributed by atoms with van der Waals surface area (Å²) < 4.78 is 42.3. The third kappa shape index (κ3) is 3.42. The highest BCUT2D eigenvalue weighted by atomic mass is 32.2. The molecule has 0 atom stereocenters. The first-order valence-corrected chi connectivity index (χ1v) is 8.37. The normalized spacial score (nSPS) is 10.9. The van der Waals surface area contributed by atoms with Crippen molar-refractivity contribution >= 4 is 16.1 Å². The van der Waals surface area contributed by atoms with Crippen molar-refractivity contribution in [1.82, 2.24) is 19.2 Å². The van der Waals surface area contributed by atoms with Crippen LogP contribution in [0.4, 0.5) is 4.79 Å². The van der Waals surface area contributed by atoms with E-state index in [0.29, 0.717) is 4.73 Å². The Morgan fingerprint density at radius 3 is 2.31 bits per heavy atom. The van der Waals surface area contributed by atoms with Gasteiger partial charge in [-0.25, -0.2) is 22.7 Å². The maximum atomic E-state index is 12.5. The number of hydrogen-bond donors (Lipinski definition) is 1. The first-order chi connectivity index (χ1) is 12.3. The quantitative estimate of drug-likeness (QED) is 0.665. The lowest BCUT2D eigenvalue weighted by molar-refractivity contribution is 0.128. The van der Waals surface area contributed by atoms with Gasteiger partial charge in [-0.05, 0) is 12.1 Å². The fraction of sp³-hybridized carbons (Fsp3) is 0.308. The molecule has 142 valence electrons. The second-order valence-corrected chi connectivity index (χ2v) is 6.24. The Morgan fingerprint density at radius 2 is 1.81 bits per heavy atom. The van der Waals surface area contributed by atoms with Crippen molar-refractivity contribution in [2.75, 3.05) is 28.4 Å². The van der Waals surface area contributed by atoms with Crippen molar-refractivity contribution < 1.29 is 32.3 Å². The fourth-order valence-corrected chi connectivity index (χ4v) is 3.07. The van der Waals surface area contributed by atoms with E-state index in [-0.39, 0.29) is 27.1 Å². The molecule has 1 N–H and O–H groups in total. The molecule has 0 aliphatic rings. The van der Waals surface area contributed by atoms with Crippen LogP contribution in [-0.2, 0) is 10.0 Å². The van der Waals surface area contributed by atoms with Gasteiger partial charge in [-0.1, -0.05) is 4.73 Å². The van der Waals surface area contributed by atoms with Crippen LogP contribution in [-0.4, -0.2) is 57.4 Å². The van der Waals surface area contributed by atoms with E-state index in [1.807, 2.05) is 0 Å². The van der Waals surface area contributed by atoms with Gasteiger partial charge in [0.15, 0.2) is 0 Å². The fourth-order valence-electron chi connectivity index (χ4n) is 1.96. The van der Waals surface area contributed by atoms with Crippen molar-refractivity contribution in [3.05, 3.63) is 28.7 Å². The van der Waals surface area contributed by atoms with Gasteiger partial charge in [-0.3, -0.25) is 0 Å². The van der Waals surface area contributed by atoms with Crippen LogP contribution in [0.1, 0.15) is 0 Å².